The second-order valence-corrected chi connectivity index (χ2v) is 5.14. The van der Waals surface area contributed by atoms with E-state index in [1.165, 1.54) is 0 Å². The van der Waals surface area contributed by atoms with Crippen LogP contribution >= 0.6 is 15.9 Å². The van der Waals surface area contributed by atoms with Crippen LogP contribution in [0.5, 0.6) is 5.88 Å². The van der Waals surface area contributed by atoms with Crippen LogP contribution in [0, 0.1) is 0 Å². The molecule has 0 saturated heterocycles. The lowest BCUT2D eigenvalue weighted by Gasteiger charge is -2.07. The smallest absolute Gasteiger partial charge is 0.262 e. The fourth-order valence-corrected chi connectivity index (χ4v) is 2.40. The summed E-state index contributed by atoms with van der Waals surface area (Å²) < 4.78 is 5.68. The van der Waals surface area contributed by atoms with Gasteiger partial charge in [-0.3, -0.25) is 4.79 Å². The molecule has 0 unspecified atom stereocenters. The van der Waals surface area contributed by atoms with Crippen LogP contribution in [0.4, 0.5) is 0 Å². The lowest BCUT2D eigenvalue weighted by Crippen LogP contribution is -2.14. The highest BCUT2D eigenvalue weighted by Gasteiger charge is 2.15. The Morgan fingerprint density at radius 1 is 1.40 bits per heavy atom. The molecule has 0 bridgehead atoms. The second-order valence-electron chi connectivity index (χ2n) is 4.29. The van der Waals surface area contributed by atoms with Gasteiger partial charge in [0.05, 0.1) is 0 Å². The van der Waals surface area contributed by atoms with Gasteiger partial charge in [-0.2, -0.15) is 4.98 Å². The van der Waals surface area contributed by atoms with Crippen LogP contribution in [-0.4, -0.2) is 28.8 Å². The molecule has 20 heavy (non-hydrogen) atoms. The molecule has 2 aromatic rings. The van der Waals surface area contributed by atoms with E-state index in [0.717, 1.165) is 10.9 Å². The predicted molar refractivity (Wildman–Crippen MR) is 79.9 cm³/mol. The maximum atomic E-state index is 12.1. The van der Waals surface area contributed by atoms with E-state index < -0.39 is 0 Å². The van der Waals surface area contributed by atoms with Gasteiger partial charge in [-0.1, -0.05) is 34.1 Å². The Hall–Kier alpha value is -1.66. The maximum Gasteiger partial charge on any atom is 0.262 e. The second kappa shape index (κ2) is 6.67. The maximum absolute atomic E-state index is 12.1. The van der Waals surface area contributed by atoms with E-state index in [0.29, 0.717) is 24.4 Å². The Morgan fingerprint density at radius 2 is 2.15 bits per heavy atom. The number of aromatic amines is 1. The molecular weight excluding hydrogens is 324 g/mol. The largest absolute Gasteiger partial charge is 0.493 e. The molecule has 0 aliphatic rings. The normalized spacial score (nSPS) is 10.7. The van der Waals surface area contributed by atoms with Gasteiger partial charge in [0.15, 0.2) is 0 Å². The standard InChI is InChI=1S/C14H15BrN2O3/c1-20-8-4-7-11-16-13(18)12(14(19)17-11)9-5-2-3-6-10(9)15/h2-3,5-6H,4,7-8H2,1H3,(H2,16,17,18,19). The summed E-state index contributed by atoms with van der Waals surface area (Å²) in [5, 5.41) is 10.0. The third kappa shape index (κ3) is 3.26. The van der Waals surface area contributed by atoms with E-state index in [9.17, 15) is 9.90 Å². The molecule has 0 aliphatic heterocycles. The molecule has 1 aromatic carbocycles. The highest BCUT2D eigenvalue weighted by atomic mass is 79.9. The highest BCUT2D eigenvalue weighted by molar-refractivity contribution is 9.10. The van der Waals surface area contributed by atoms with Gasteiger partial charge in [0, 0.05) is 30.2 Å². The fourth-order valence-electron chi connectivity index (χ4n) is 1.92. The summed E-state index contributed by atoms with van der Waals surface area (Å²) in [6, 6.07) is 7.19. The van der Waals surface area contributed by atoms with Gasteiger partial charge in [-0.25, -0.2) is 0 Å². The molecule has 1 aromatic heterocycles. The lowest BCUT2D eigenvalue weighted by molar-refractivity contribution is 0.194. The molecule has 0 radical (unpaired) electrons. The van der Waals surface area contributed by atoms with E-state index in [2.05, 4.69) is 25.9 Å². The summed E-state index contributed by atoms with van der Waals surface area (Å²) in [7, 11) is 1.61. The van der Waals surface area contributed by atoms with Crippen LogP contribution in [0.2, 0.25) is 0 Å². The third-order valence-electron chi connectivity index (χ3n) is 2.85. The van der Waals surface area contributed by atoms with Crippen LogP contribution < -0.4 is 5.56 Å². The number of hydrogen-bond acceptors (Lipinski definition) is 4. The van der Waals surface area contributed by atoms with Crippen molar-refractivity contribution in [3.8, 4) is 17.0 Å². The van der Waals surface area contributed by atoms with Gasteiger partial charge in [-0.15, -0.1) is 0 Å². The van der Waals surface area contributed by atoms with Crippen molar-refractivity contribution < 1.29 is 9.84 Å². The number of aryl methyl sites for hydroxylation is 1. The molecule has 2 N–H and O–H groups in total. The van der Waals surface area contributed by atoms with E-state index in [4.69, 9.17) is 4.74 Å². The summed E-state index contributed by atoms with van der Waals surface area (Å²) >= 11 is 3.36. The number of hydrogen-bond donors (Lipinski definition) is 2. The quantitative estimate of drug-likeness (QED) is 0.821. The molecular formula is C14H15BrN2O3. The van der Waals surface area contributed by atoms with E-state index in [-0.39, 0.29) is 17.0 Å². The molecule has 5 nitrogen and oxygen atoms in total. The molecule has 0 amide bonds. The van der Waals surface area contributed by atoms with Crippen molar-refractivity contribution >= 4 is 15.9 Å². The molecule has 1 heterocycles. The number of rotatable bonds is 5. The number of ether oxygens (including phenoxy) is 1. The SMILES string of the molecule is COCCCc1nc(O)c(-c2ccccc2Br)c(=O)[nH]1. The minimum absolute atomic E-state index is 0.174. The van der Waals surface area contributed by atoms with Crippen LogP contribution in [-0.2, 0) is 11.2 Å². The van der Waals surface area contributed by atoms with Crippen molar-refractivity contribution in [3.63, 3.8) is 0 Å². The molecule has 0 saturated carbocycles. The van der Waals surface area contributed by atoms with Gasteiger partial charge in [0.2, 0.25) is 5.88 Å². The monoisotopic (exact) mass is 338 g/mol. The first-order chi connectivity index (χ1) is 9.63. The zero-order valence-electron chi connectivity index (χ0n) is 11.0. The first-order valence-corrected chi connectivity index (χ1v) is 6.98. The summed E-state index contributed by atoms with van der Waals surface area (Å²) in [5.41, 5.74) is 0.437. The number of aromatic nitrogens is 2. The molecule has 0 atom stereocenters. The Morgan fingerprint density at radius 3 is 2.80 bits per heavy atom. The molecule has 0 fully saturated rings. The van der Waals surface area contributed by atoms with Gasteiger partial charge in [0.1, 0.15) is 11.4 Å². The minimum Gasteiger partial charge on any atom is -0.493 e. The summed E-state index contributed by atoms with van der Waals surface area (Å²) in [5.74, 6) is 0.202. The number of methoxy groups -OCH3 is 1. The number of benzene rings is 1. The van der Waals surface area contributed by atoms with Crippen LogP contribution in [0.1, 0.15) is 12.2 Å². The predicted octanol–water partition coefficient (Wildman–Crippen LogP) is 2.48. The van der Waals surface area contributed by atoms with E-state index in [1.54, 1.807) is 25.3 Å². The van der Waals surface area contributed by atoms with Crippen molar-refractivity contribution in [3.05, 3.63) is 44.9 Å². The minimum atomic E-state index is -0.350. The molecule has 0 aliphatic carbocycles. The third-order valence-corrected chi connectivity index (χ3v) is 3.55. The molecule has 106 valence electrons. The van der Waals surface area contributed by atoms with E-state index >= 15 is 0 Å². The Balaban J connectivity index is 2.37. The fraction of sp³-hybridized carbons (Fsp3) is 0.286. The van der Waals surface area contributed by atoms with E-state index in [1.807, 2.05) is 6.07 Å². The average Bonchev–Trinajstić information content (AvgIpc) is 2.40. The zero-order valence-corrected chi connectivity index (χ0v) is 12.6. The highest BCUT2D eigenvalue weighted by Crippen LogP contribution is 2.30. The lowest BCUT2D eigenvalue weighted by atomic mass is 10.1. The van der Waals surface area contributed by atoms with Gasteiger partial charge in [-0.05, 0) is 12.5 Å². The Kier molecular flexibility index (Phi) is 4.92. The van der Waals surface area contributed by atoms with Crippen LogP contribution in [0.15, 0.2) is 33.5 Å². The summed E-state index contributed by atoms with van der Waals surface area (Å²) in [4.78, 5) is 18.9. The Bertz CT molecular complexity index is 655. The molecule has 2 rings (SSSR count). The first kappa shape index (κ1) is 14.7. The number of aromatic hydroxyl groups is 1. The van der Waals surface area contributed by atoms with Crippen molar-refractivity contribution in [2.24, 2.45) is 0 Å². The number of nitrogens with one attached hydrogen (secondary N) is 1. The Labute approximate surface area is 124 Å². The summed E-state index contributed by atoms with van der Waals surface area (Å²) in [6.07, 6.45) is 1.28. The first-order valence-electron chi connectivity index (χ1n) is 6.19. The van der Waals surface area contributed by atoms with Crippen LogP contribution in [0.3, 0.4) is 0 Å². The average molecular weight is 339 g/mol. The molecule has 0 spiro atoms. The van der Waals surface area contributed by atoms with Crippen molar-refractivity contribution in [1.82, 2.24) is 9.97 Å². The number of halogens is 1. The van der Waals surface area contributed by atoms with Crippen molar-refractivity contribution in [1.29, 1.82) is 0 Å². The molecule has 6 heteroatoms. The van der Waals surface area contributed by atoms with Gasteiger partial charge < -0.3 is 14.8 Å². The summed E-state index contributed by atoms with van der Waals surface area (Å²) in [6.45, 7) is 0.580. The van der Waals surface area contributed by atoms with Crippen molar-refractivity contribution in [2.45, 2.75) is 12.8 Å². The zero-order chi connectivity index (χ0) is 14.5. The van der Waals surface area contributed by atoms with Gasteiger partial charge >= 0.3 is 0 Å². The number of nitrogens with zero attached hydrogens (tertiary/aromatic N) is 1. The number of H-pyrrole nitrogens is 1. The topological polar surface area (TPSA) is 75.2 Å². The van der Waals surface area contributed by atoms with Gasteiger partial charge in [0.25, 0.3) is 5.56 Å². The van der Waals surface area contributed by atoms with Crippen LogP contribution in [0.25, 0.3) is 11.1 Å². The van der Waals surface area contributed by atoms with Crippen molar-refractivity contribution in [2.75, 3.05) is 13.7 Å².